The van der Waals surface area contributed by atoms with E-state index in [1.165, 1.54) is 24.3 Å². The van der Waals surface area contributed by atoms with Crippen LogP contribution in [0, 0.1) is 17.0 Å². The summed E-state index contributed by atoms with van der Waals surface area (Å²) in [5.74, 6) is -0.994. The minimum Gasteiger partial charge on any atom is -0.482 e. The van der Waals surface area contributed by atoms with E-state index in [0.717, 1.165) is 0 Å². The molecule has 26 heavy (non-hydrogen) atoms. The number of anilines is 1. The summed E-state index contributed by atoms with van der Waals surface area (Å²) in [6.45, 7) is 0.845. The van der Waals surface area contributed by atoms with Crippen LogP contribution in [0.1, 0.15) is 5.56 Å². The number of non-ortho nitro benzene ring substituents is 1. The molecule has 0 aromatic heterocycles. The van der Waals surface area contributed by atoms with Gasteiger partial charge < -0.3 is 14.8 Å². The van der Waals surface area contributed by atoms with Crippen molar-refractivity contribution in [2.45, 2.75) is 6.92 Å². The monoisotopic (exact) mass is 378 g/mol. The van der Waals surface area contributed by atoms with Gasteiger partial charge in [-0.25, -0.2) is 4.79 Å². The Balaban J connectivity index is 1.76. The number of nitrogens with zero attached hydrogens (tertiary/aromatic N) is 1. The first-order valence-electron chi connectivity index (χ1n) is 7.44. The molecule has 0 aliphatic carbocycles. The van der Waals surface area contributed by atoms with Gasteiger partial charge in [-0.15, -0.1) is 0 Å². The lowest BCUT2D eigenvalue weighted by atomic mass is 10.2. The molecule has 136 valence electrons. The third kappa shape index (κ3) is 5.45. The standard InChI is InChI=1S/C17H15ClN2O6/c1-11-14(18)3-2-4-15(11)19-16(21)9-26-17(22)10-25-13-7-5-12(6-8-13)20(23)24/h2-8H,9-10H2,1H3,(H,19,21). The molecule has 0 saturated carbocycles. The van der Waals surface area contributed by atoms with E-state index in [9.17, 15) is 19.7 Å². The number of carbonyl (C=O) groups is 2. The topological polar surface area (TPSA) is 108 Å². The van der Waals surface area contributed by atoms with Gasteiger partial charge in [0.1, 0.15) is 5.75 Å². The van der Waals surface area contributed by atoms with E-state index >= 15 is 0 Å². The number of benzene rings is 2. The van der Waals surface area contributed by atoms with Crippen molar-refractivity contribution in [1.29, 1.82) is 0 Å². The number of carbonyl (C=O) groups excluding carboxylic acids is 2. The van der Waals surface area contributed by atoms with Crippen molar-refractivity contribution >= 4 is 34.9 Å². The van der Waals surface area contributed by atoms with E-state index in [-0.39, 0.29) is 11.4 Å². The maximum absolute atomic E-state index is 11.8. The fourth-order valence-corrected chi connectivity index (χ4v) is 2.10. The molecule has 0 aliphatic heterocycles. The van der Waals surface area contributed by atoms with Gasteiger partial charge in [0, 0.05) is 22.8 Å². The van der Waals surface area contributed by atoms with Gasteiger partial charge in [0.15, 0.2) is 13.2 Å². The number of halogens is 1. The Morgan fingerprint density at radius 2 is 1.85 bits per heavy atom. The fraction of sp³-hybridized carbons (Fsp3) is 0.176. The van der Waals surface area contributed by atoms with Crippen LogP contribution in [0.15, 0.2) is 42.5 Å². The van der Waals surface area contributed by atoms with Crippen LogP contribution in [0.3, 0.4) is 0 Å². The van der Waals surface area contributed by atoms with Crippen molar-refractivity contribution < 1.29 is 24.0 Å². The van der Waals surface area contributed by atoms with Gasteiger partial charge in [0.05, 0.1) is 4.92 Å². The zero-order valence-electron chi connectivity index (χ0n) is 13.7. The average Bonchev–Trinajstić information content (AvgIpc) is 2.62. The Bertz CT molecular complexity index is 823. The number of rotatable bonds is 7. The van der Waals surface area contributed by atoms with Crippen LogP contribution in [0.5, 0.6) is 5.75 Å². The largest absolute Gasteiger partial charge is 0.482 e. The van der Waals surface area contributed by atoms with Crippen LogP contribution in [-0.2, 0) is 14.3 Å². The number of hydrogen-bond donors (Lipinski definition) is 1. The molecule has 1 N–H and O–H groups in total. The van der Waals surface area contributed by atoms with Gasteiger partial charge >= 0.3 is 5.97 Å². The molecule has 0 atom stereocenters. The molecule has 0 fully saturated rings. The van der Waals surface area contributed by atoms with Crippen molar-refractivity contribution in [3.8, 4) is 5.75 Å². The molecule has 0 bridgehead atoms. The lowest BCUT2D eigenvalue weighted by Crippen LogP contribution is -2.24. The maximum atomic E-state index is 11.8. The zero-order valence-corrected chi connectivity index (χ0v) is 14.5. The van der Waals surface area contributed by atoms with E-state index in [4.69, 9.17) is 21.1 Å². The number of esters is 1. The molecule has 0 spiro atoms. The molecular formula is C17H15ClN2O6. The van der Waals surface area contributed by atoms with Crippen molar-refractivity contribution in [2.75, 3.05) is 18.5 Å². The summed E-state index contributed by atoms with van der Waals surface area (Å²) >= 11 is 5.96. The third-order valence-corrected chi connectivity index (χ3v) is 3.72. The van der Waals surface area contributed by atoms with Gasteiger partial charge in [-0.3, -0.25) is 14.9 Å². The quantitative estimate of drug-likeness (QED) is 0.450. The normalized spacial score (nSPS) is 10.1. The second-order valence-corrected chi connectivity index (χ2v) is 5.57. The predicted octanol–water partition coefficient (Wildman–Crippen LogP) is 3.12. The molecule has 0 aliphatic rings. The highest BCUT2D eigenvalue weighted by molar-refractivity contribution is 6.31. The highest BCUT2D eigenvalue weighted by Gasteiger charge is 2.11. The Labute approximate surface area is 153 Å². The van der Waals surface area contributed by atoms with Crippen LogP contribution >= 0.6 is 11.6 Å². The van der Waals surface area contributed by atoms with Crippen molar-refractivity contribution in [3.05, 3.63) is 63.2 Å². The molecule has 1 amide bonds. The lowest BCUT2D eigenvalue weighted by Gasteiger charge is -2.10. The van der Waals surface area contributed by atoms with Gasteiger partial charge in [-0.05, 0) is 36.8 Å². The second kappa shape index (κ2) is 8.82. The van der Waals surface area contributed by atoms with Crippen molar-refractivity contribution in [3.63, 3.8) is 0 Å². The molecule has 0 radical (unpaired) electrons. The number of nitro groups is 1. The van der Waals surface area contributed by atoms with E-state index in [2.05, 4.69) is 5.32 Å². The van der Waals surface area contributed by atoms with Crippen LogP contribution in [0.4, 0.5) is 11.4 Å². The minimum absolute atomic E-state index is 0.0899. The summed E-state index contributed by atoms with van der Waals surface area (Å²) < 4.78 is 9.95. The number of hydrogen-bond acceptors (Lipinski definition) is 6. The average molecular weight is 379 g/mol. The van der Waals surface area contributed by atoms with E-state index in [1.807, 2.05) is 0 Å². The van der Waals surface area contributed by atoms with E-state index < -0.39 is 30.0 Å². The summed E-state index contributed by atoms with van der Waals surface area (Å²) in [7, 11) is 0. The number of nitrogens with one attached hydrogen (secondary N) is 1. The first kappa shape index (κ1) is 19.2. The van der Waals surface area contributed by atoms with Crippen LogP contribution < -0.4 is 10.1 Å². The summed E-state index contributed by atoms with van der Waals surface area (Å²) in [5, 5.41) is 13.6. The highest BCUT2D eigenvalue weighted by Crippen LogP contribution is 2.22. The summed E-state index contributed by atoms with van der Waals surface area (Å²) in [6.07, 6.45) is 0. The van der Waals surface area contributed by atoms with Gasteiger partial charge in [-0.2, -0.15) is 0 Å². The van der Waals surface area contributed by atoms with Crippen LogP contribution in [-0.4, -0.2) is 30.0 Å². The predicted molar refractivity (Wildman–Crippen MR) is 94.4 cm³/mol. The van der Waals surface area contributed by atoms with Gasteiger partial charge in [0.2, 0.25) is 0 Å². The summed E-state index contributed by atoms with van der Waals surface area (Å²) in [6, 6.07) is 10.3. The Hall–Kier alpha value is -3.13. The highest BCUT2D eigenvalue weighted by atomic mass is 35.5. The fourth-order valence-electron chi connectivity index (χ4n) is 1.92. The molecule has 0 saturated heterocycles. The van der Waals surface area contributed by atoms with Crippen molar-refractivity contribution in [1.82, 2.24) is 0 Å². The number of amides is 1. The Morgan fingerprint density at radius 1 is 1.15 bits per heavy atom. The summed E-state index contributed by atoms with van der Waals surface area (Å²) in [4.78, 5) is 33.4. The zero-order chi connectivity index (χ0) is 19.1. The molecule has 2 aromatic rings. The van der Waals surface area contributed by atoms with Crippen LogP contribution in [0.25, 0.3) is 0 Å². The van der Waals surface area contributed by atoms with Gasteiger partial charge in [0.25, 0.3) is 11.6 Å². The van der Waals surface area contributed by atoms with E-state index in [0.29, 0.717) is 16.3 Å². The molecule has 0 unspecified atom stereocenters. The molecular weight excluding hydrogens is 364 g/mol. The molecule has 0 heterocycles. The number of nitro benzene ring substituents is 1. The molecule has 9 heteroatoms. The smallest absolute Gasteiger partial charge is 0.344 e. The minimum atomic E-state index is -0.749. The molecule has 8 nitrogen and oxygen atoms in total. The van der Waals surface area contributed by atoms with Gasteiger partial charge in [-0.1, -0.05) is 17.7 Å². The first-order chi connectivity index (χ1) is 12.4. The SMILES string of the molecule is Cc1c(Cl)cccc1NC(=O)COC(=O)COc1ccc([N+](=O)[O-])cc1. The first-order valence-corrected chi connectivity index (χ1v) is 7.82. The number of ether oxygens (including phenoxy) is 2. The maximum Gasteiger partial charge on any atom is 0.344 e. The molecule has 2 rings (SSSR count). The molecule has 2 aromatic carbocycles. The summed E-state index contributed by atoms with van der Waals surface area (Å²) in [5.41, 5.74) is 1.14. The lowest BCUT2D eigenvalue weighted by molar-refractivity contribution is -0.384. The third-order valence-electron chi connectivity index (χ3n) is 3.31. The Kier molecular flexibility index (Phi) is 6.51. The van der Waals surface area contributed by atoms with E-state index in [1.54, 1.807) is 25.1 Å². The Morgan fingerprint density at radius 3 is 2.50 bits per heavy atom. The van der Waals surface area contributed by atoms with Crippen LogP contribution in [0.2, 0.25) is 5.02 Å². The van der Waals surface area contributed by atoms with Crippen molar-refractivity contribution in [2.24, 2.45) is 0 Å². The second-order valence-electron chi connectivity index (χ2n) is 5.16.